The van der Waals surface area contributed by atoms with E-state index in [9.17, 15) is 19.2 Å². The summed E-state index contributed by atoms with van der Waals surface area (Å²) < 4.78 is 0. The second kappa shape index (κ2) is 57.9. The Labute approximate surface area is 484 Å². The fourth-order valence-corrected chi connectivity index (χ4v) is 10.6. The molecule has 4 unspecified atom stereocenters. The van der Waals surface area contributed by atoms with Gasteiger partial charge in [0.15, 0.2) is 0 Å². The first kappa shape index (κ1) is 75.7. The lowest BCUT2D eigenvalue weighted by Crippen LogP contribution is -2.42. The number of nitrogens with zero attached hydrogens (tertiary/aromatic N) is 2. The molecule has 12 nitrogen and oxygen atoms in total. The van der Waals surface area contributed by atoms with Gasteiger partial charge in [0.1, 0.15) is 0 Å². The molecule has 6 N–H and O–H groups in total. The summed E-state index contributed by atoms with van der Waals surface area (Å²) in [7, 11) is 0. The molecule has 0 aliphatic heterocycles. The van der Waals surface area contributed by atoms with Crippen LogP contribution >= 0.6 is 0 Å². The minimum absolute atomic E-state index is 0.0866. The van der Waals surface area contributed by atoms with Crippen molar-refractivity contribution in [2.75, 3.05) is 65.4 Å². The Morgan fingerprint density at radius 3 is 0.731 bits per heavy atom. The Morgan fingerprint density at radius 1 is 0.269 bits per heavy atom. The summed E-state index contributed by atoms with van der Waals surface area (Å²) in [6, 6.07) is 0.702. The van der Waals surface area contributed by atoms with Crippen molar-refractivity contribution in [2.45, 2.75) is 336 Å². The van der Waals surface area contributed by atoms with Crippen molar-refractivity contribution in [1.29, 1.82) is 0 Å². The summed E-state index contributed by atoms with van der Waals surface area (Å²) >= 11 is 0. The first-order chi connectivity index (χ1) is 37.9. The minimum atomic E-state index is 0.0866. The first-order valence-corrected chi connectivity index (χ1v) is 34.0. The fourth-order valence-electron chi connectivity index (χ4n) is 10.6. The Morgan fingerprint density at radius 2 is 0.474 bits per heavy atom. The molecule has 0 radical (unpaired) electrons. The predicted molar refractivity (Wildman–Crippen MR) is 336 cm³/mol. The Kier molecular flexibility index (Phi) is 56.2. The minimum Gasteiger partial charge on any atom is -0.354 e. The van der Waals surface area contributed by atoms with Crippen LogP contribution in [0, 0.1) is 0 Å². The van der Waals surface area contributed by atoms with Crippen molar-refractivity contribution in [2.24, 2.45) is 0 Å². The van der Waals surface area contributed by atoms with E-state index in [1.165, 1.54) is 186 Å². The van der Waals surface area contributed by atoms with Crippen LogP contribution in [0.4, 0.5) is 0 Å². The maximum atomic E-state index is 13.2. The molecule has 0 aromatic heterocycles. The molecule has 0 bridgehead atoms. The number of rotatable bonds is 61. The Balaban J connectivity index is 5.30. The lowest BCUT2D eigenvalue weighted by molar-refractivity contribution is -0.123. The lowest BCUT2D eigenvalue weighted by atomic mass is 10.1. The zero-order chi connectivity index (χ0) is 57.4. The van der Waals surface area contributed by atoms with Crippen molar-refractivity contribution in [1.82, 2.24) is 41.7 Å². The third-order valence-electron chi connectivity index (χ3n) is 15.9. The molecular weight excluding hydrogens is 969 g/mol. The number of unbranched alkanes of at least 4 members (excludes halogenated alkanes) is 28. The zero-order valence-corrected chi connectivity index (χ0v) is 53.2. The highest BCUT2D eigenvalue weighted by molar-refractivity contribution is 5.77. The topological polar surface area (TPSA) is 147 Å². The smallest absolute Gasteiger partial charge is 0.221 e. The van der Waals surface area contributed by atoms with Gasteiger partial charge in [-0.1, -0.05) is 233 Å². The summed E-state index contributed by atoms with van der Waals surface area (Å²) in [5, 5.41) is 20.2. The van der Waals surface area contributed by atoms with Gasteiger partial charge < -0.3 is 41.7 Å². The van der Waals surface area contributed by atoms with E-state index in [1.807, 2.05) is 0 Å². The van der Waals surface area contributed by atoms with Gasteiger partial charge in [0.2, 0.25) is 23.6 Å². The quantitative estimate of drug-likeness (QED) is 0.0330. The van der Waals surface area contributed by atoms with Gasteiger partial charge in [-0.3, -0.25) is 19.2 Å². The SMILES string of the molecule is CCCCCCCCCCC(C)NC(=O)CCNCCN(CCNCCN(CCC(=O)NC(C)CCCCCCCCCC)CCC(=O)NC(C)CCCCCCCCCC)CCC(=O)NC(C)CCCCCCCCCC. The molecule has 0 heterocycles. The molecule has 4 atom stereocenters. The average Bonchev–Trinajstić information content (AvgIpc) is 3.40. The van der Waals surface area contributed by atoms with Crippen molar-refractivity contribution >= 4 is 23.6 Å². The van der Waals surface area contributed by atoms with E-state index in [0.717, 1.165) is 84.2 Å². The van der Waals surface area contributed by atoms with Gasteiger partial charge in [0, 0.05) is 115 Å². The molecule has 0 rings (SSSR count). The molecule has 0 saturated carbocycles. The van der Waals surface area contributed by atoms with Gasteiger partial charge >= 0.3 is 0 Å². The third-order valence-corrected chi connectivity index (χ3v) is 15.9. The molecule has 0 aromatic rings. The van der Waals surface area contributed by atoms with E-state index in [0.29, 0.717) is 51.9 Å². The van der Waals surface area contributed by atoms with Gasteiger partial charge in [-0.05, 0) is 53.4 Å². The zero-order valence-electron chi connectivity index (χ0n) is 53.2. The van der Waals surface area contributed by atoms with E-state index < -0.39 is 0 Å². The maximum absolute atomic E-state index is 13.2. The summed E-state index contributed by atoms with van der Waals surface area (Å²) in [6.45, 7) is 24.6. The van der Waals surface area contributed by atoms with Gasteiger partial charge in [0.05, 0.1) is 0 Å². The van der Waals surface area contributed by atoms with Crippen LogP contribution in [0.15, 0.2) is 0 Å². The summed E-state index contributed by atoms with van der Waals surface area (Å²) in [5.41, 5.74) is 0. The molecule has 0 fully saturated rings. The number of carbonyl (C=O) groups is 4. The summed E-state index contributed by atoms with van der Waals surface area (Å²) in [5.74, 6) is 0.391. The van der Waals surface area contributed by atoms with Gasteiger partial charge in [-0.25, -0.2) is 0 Å². The maximum Gasteiger partial charge on any atom is 0.221 e. The molecule has 12 heteroatoms. The second-order valence-electron chi connectivity index (χ2n) is 24.1. The number of hydrogen-bond donors (Lipinski definition) is 6. The normalized spacial score (nSPS) is 13.2. The molecule has 78 heavy (non-hydrogen) atoms. The van der Waals surface area contributed by atoms with E-state index in [1.54, 1.807) is 0 Å². The molecule has 0 aliphatic rings. The summed E-state index contributed by atoms with van der Waals surface area (Å²) in [4.78, 5) is 57.0. The van der Waals surface area contributed by atoms with Crippen molar-refractivity contribution in [3.63, 3.8) is 0 Å². The molecule has 462 valence electrons. The Bertz CT molecular complexity index is 1300. The van der Waals surface area contributed by atoms with E-state index in [2.05, 4.69) is 97.1 Å². The van der Waals surface area contributed by atoms with Gasteiger partial charge in [-0.2, -0.15) is 0 Å². The highest BCUT2D eigenvalue weighted by Crippen LogP contribution is 2.15. The van der Waals surface area contributed by atoms with Gasteiger partial charge in [-0.15, -0.1) is 0 Å². The van der Waals surface area contributed by atoms with Crippen molar-refractivity contribution in [3.05, 3.63) is 0 Å². The molecular formula is C66H134N8O4. The summed E-state index contributed by atoms with van der Waals surface area (Å²) in [6.07, 6.45) is 47.1. The average molecular weight is 1100 g/mol. The standard InChI is InChI=1S/C66H134N8O4/c1-9-13-17-21-25-29-33-37-41-59(5)69-63(75)45-49-67-50-57-74(55-48-66(78)72-62(8)44-40-36-32-28-24-20-16-12-4)58-52-68-51-56-73(53-46-64(76)70-60(6)42-38-34-30-26-22-18-14-10-2)54-47-65(77)71-61(7)43-39-35-31-27-23-19-15-11-3/h59-62,67-68H,9-58H2,1-8H3,(H,69,75)(H,70,76)(H,71,77)(H,72,78). The van der Waals surface area contributed by atoms with Crippen molar-refractivity contribution in [3.8, 4) is 0 Å². The highest BCUT2D eigenvalue weighted by atomic mass is 16.2. The van der Waals surface area contributed by atoms with E-state index in [4.69, 9.17) is 0 Å². The van der Waals surface area contributed by atoms with E-state index >= 15 is 0 Å². The van der Waals surface area contributed by atoms with Crippen molar-refractivity contribution < 1.29 is 19.2 Å². The van der Waals surface area contributed by atoms with Crippen LogP contribution in [0.3, 0.4) is 0 Å². The number of amides is 4. The highest BCUT2D eigenvalue weighted by Gasteiger charge is 2.16. The van der Waals surface area contributed by atoms with Crippen LogP contribution in [0.2, 0.25) is 0 Å². The van der Waals surface area contributed by atoms with Crippen LogP contribution in [0.1, 0.15) is 312 Å². The number of hydrogen-bond acceptors (Lipinski definition) is 8. The predicted octanol–water partition coefficient (Wildman–Crippen LogP) is 14.5. The molecule has 4 amide bonds. The number of nitrogens with one attached hydrogen (secondary N) is 6. The largest absolute Gasteiger partial charge is 0.354 e. The third kappa shape index (κ3) is 54.3. The lowest BCUT2D eigenvalue weighted by Gasteiger charge is -2.25. The molecule has 0 spiro atoms. The Hall–Kier alpha value is -2.28. The van der Waals surface area contributed by atoms with Gasteiger partial charge in [0.25, 0.3) is 0 Å². The first-order valence-electron chi connectivity index (χ1n) is 34.0. The molecule has 0 saturated heterocycles. The van der Waals surface area contributed by atoms with E-state index in [-0.39, 0.29) is 47.8 Å². The monoisotopic (exact) mass is 1100 g/mol. The van der Waals surface area contributed by atoms with Crippen LogP contribution in [0.5, 0.6) is 0 Å². The fraction of sp³-hybridized carbons (Fsp3) is 0.939. The number of carbonyl (C=O) groups excluding carboxylic acids is 4. The van der Waals surface area contributed by atoms with Crippen LogP contribution in [-0.2, 0) is 19.2 Å². The molecule has 0 aromatic carbocycles. The molecule has 0 aliphatic carbocycles. The van der Waals surface area contributed by atoms with Crippen LogP contribution in [0.25, 0.3) is 0 Å². The van der Waals surface area contributed by atoms with Crippen LogP contribution < -0.4 is 31.9 Å². The van der Waals surface area contributed by atoms with Crippen LogP contribution in [-0.4, -0.2) is 123 Å². The second-order valence-corrected chi connectivity index (χ2v) is 24.1.